The summed E-state index contributed by atoms with van der Waals surface area (Å²) in [6.07, 6.45) is 2.78. The number of benzene rings is 3. The number of halogens is 3. The summed E-state index contributed by atoms with van der Waals surface area (Å²) in [5.41, 5.74) is 4.57. The molecule has 9 heteroatoms. The van der Waals surface area contributed by atoms with Crippen LogP contribution in [0.3, 0.4) is 0 Å². The smallest absolute Gasteiger partial charge is 0.335 e. The molecule has 0 aromatic heterocycles. The summed E-state index contributed by atoms with van der Waals surface area (Å²) < 4.78 is 6.24. The molecule has 38 heavy (non-hydrogen) atoms. The van der Waals surface area contributed by atoms with Crippen LogP contribution in [0.1, 0.15) is 39.9 Å². The standard InChI is InChI=1S/C29H25Cl3N2O4/c30-22-5-2-6-23(31)26(22)27-21(28(38-33-27)16-7-8-16)15-37-18-9-10-25(24(32)13-18)34-12-11-19-17(14-34)3-1-4-20(19)29(35)36/h1-6,9-10,13,16,21,28H,7-8,11-12,14-15H2,(H,35,36). The number of ether oxygens (including phenoxy) is 1. The number of aromatic carboxylic acids is 1. The third-order valence-corrected chi connectivity index (χ3v) is 8.44. The number of rotatable bonds is 7. The van der Waals surface area contributed by atoms with Crippen LogP contribution in [-0.4, -0.2) is 36.0 Å². The Balaban J connectivity index is 1.18. The zero-order valence-corrected chi connectivity index (χ0v) is 22.6. The molecule has 3 aromatic carbocycles. The molecule has 0 radical (unpaired) electrons. The first-order chi connectivity index (χ1) is 18.4. The number of carboxylic acid groups (broad SMARTS) is 1. The summed E-state index contributed by atoms with van der Waals surface area (Å²) in [4.78, 5) is 19.6. The van der Waals surface area contributed by atoms with Gasteiger partial charge in [0.05, 0.1) is 32.2 Å². The minimum atomic E-state index is -0.892. The van der Waals surface area contributed by atoms with Gasteiger partial charge in [-0.3, -0.25) is 0 Å². The number of fused-ring (bicyclic) bond motifs is 1. The number of hydrogen-bond donors (Lipinski definition) is 1. The molecule has 1 saturated carbocycles. The van der Waals surface area contributed by atoms with E-state index < -0.39 is 5.97 Å². The van der Waals surface area contributed by atoms with Crippen LogP contribution < -0.4 is 9.64 Å². The van der Waals surface area contributed by atoms with Gasteiger partial charge in [-0.2, -0.15) is 0 Å². The number of hydrogen-bond acceptors (Lipinski definition) is 5. The highest BCUT2D eigenvalue weighted by Crippen LogP contribution is 2.43. The van der Waals surface area contributed by atoms with Crippen molar-refractivity contribution in [1.82, 2.24) is 0 Å². The molecule has 2 heterocycles. The highest BCUT2D eigenvalue weighted by molar-refractivity contribution is 6.40. The van der Waals surface area contributed by atoms with Crippen molar-refractivity contribution < 1.29 is 19.5 Å². The molecule has 2 aliphatic heterocycles. The molecule has 1 fully saturated rings. The minimum Gasteiger partial charge on any atom is -0.493 e. The Labute approximate surface area is 235 Å². The van der Waals surface area contributed by atoms with Gasteiger partial charge in [0.25, 0.3) is 0 Å². The fourth-order valence-corrected chi connectivity index (χ4v) is 6.32. The first-order valence-corrected chi connectivity index (χ1v) is 13.7. The van der Waals surface area contributed by atoms with E-state index in [1.807, 2.05) is 30.3 Å². The van der Waals surface area contributed by atoms with Crippen molar-refractivity contribution in [2.45, 2.75) is 31.9 Å². The Hall–Kier alpha value is -2.93. The predicted octanol–water partition coefficient (Wildman–Crippen LogP) is 7.12. The molecule has 2 unspecified atom stereocenters. The summed E-state index contributed by atoms with van der Waals surface area (Å²) in [6.45, 7) is 1.63. The van der Waals surface area contributed by atoms with Crippen LogP contribution >= 0.6 is 34.8 Å². The maximum atomic E-state index is 11.6. The quantitative estimate of drug-likeness (QED) is 0.327. The lowest BCUT2D eigenvalue weighted by atomic mass is 9.90. The van der Waals surface area contributed by atoms with Gasteiger partial charge in [-0.25, -0.2) is 4.79 Å². The second kappa shape index (κ2) is 10.3. The normalized spacial score (nSPS) is 20.5. The fourth-order valence-electron chi connectivity index (χ4n) is 5.44. The van der Waals surface area contributed by atoms with E-state index in [0.717, 1.165) is 29.7 Å². The zero-order valence-electron chi connectivity index (χ0n) is 20.4. The summed E-state index contributed by atoms with van der Waals surface area (Å²) in [6, 6.07) is 16.5. The van der Waals surface area contributed by atoms with E-state index in [9.17, 15) is 9.90 Å². The maximum Gasteiger partial charge on any atom is 0.335 e. The van der Waals surface area contributed by atoms with E-state index in [1.54, 1.807) is 24.3 Å². The summed E-state index contributed by atoms with van der Waals surface area (Å²) in [7, 11) is 0. The van der Waals surface area contributed by atoms with Gasteiger partial charge >= 0.3 is 5.97 Å². The molecule has 3 aliphatic rings. The van der Waals surface area contributed by atoms with Gasteiger partial charge < -0.3 is 19.6 Å². The first-order valence-electron chi connectivity index (χ1n) is 12.6. The van der Waals surface area contributed by atoms with Crippen molar-refractivity contribution in [3.63, 3.8) is 0 Å². The van der Waals surface area contributed by atoms with E-state index in [4.69, 9.17) is 44.4 Å². The fraction of sp³-hybridized carbons (Fsp3) is 0.310. The lowest BCUT2D eigenvalue weighted by Gasteiger charge is -2.32. The number of oxime groups is 1. The molecule has 2 atom stereocenters. The lowest BCUT2D eigenvalue weighted by Crippen LogP contribution is -2.32. The molecule has 3 aromatic rings. The highest BCUT2D eigenvalue weighted by atomic mass is 35.5. The topological polar surface area (TPSA) is 71.4 Å². The number of carbonyl (C=O) groups is 1. The molecule has 0 amide bonds. The van der Waals surface area contributed by atoms with E-state index in [2.05, 4.69) is 10.1 Å². The Morgan fingerprint density at radius 3 is 2.53 bits per heavy atom. The van der Waals surface area contributed by atoms with Crippen LogP contribution in [0.15, 0.2) is 59.8 Å². The molecule has 1 aliphatic carbocycles. The molecule has 1 N–H and O–H groups in total. The van der Waals surface area contributed by atoms with Crippen molar-refractivity contribution in [3.8, 4) is 5.75 Å². The maximum absolute atomic E-state index is 11.6. The molecule has 196 valence electrons. The minimum absolute atomic E-state index is 0.0730. The van der Waals surface area contributed by atoms with Crippen molar-refractivity contribution in [1.29, 1.82) is 0 Å². The molecule has 0 bridgehead atoms. The van der Waals surface area contributed by atoms with Crippen molar-refractivity contribution in [2.24, 2.45) is 17.0 Å². The third-order valence-electron chi connectivity index (χ3n) is 7.51. The Morgan fingerprint density at radius 2 is 1.82 bits per heavy atom. The van der Waals surface area contributed by atoms with Crippen LogP contribution in [0.2, 0.25) is 15.1 Å². The monoisotopic (exact) mass is 570 g/mol. The van der Waals surface area contributed by atoms with Gasteiger partial charge in [0.2, 0.25) is 0 Å². The van der Waals surface area contributed by atoms with Crippen LogP contribution in [0.25, 0.3) is 0 Å². The van der Waals surface area contributed by atoms with Gasteiger partial charge in [-0.1, -0.05) is 58.2 Å². The van der Waals surface area contributed by atoms with Gasteiger partial charge in [-0.15, -0.1) is 0 Å². The number of nitrogens with zero attached hydrogens (tertiary/aromatic N) is 2. The average Bonchev–Trinajstić information content (AvgIpc) is 3.67. The van der Waals surface area contributed by atoms with Gasteiger partial charge in [-0.05, 0) is 66.6 Å². The second-order valence-electron chi connectivity index (χ2n) is 9.93. The van der Waals surface area contributed by atoms with Crippen molar-refractivity contribution >= 4 is 52.2 Å². The molecule has 0 spiro atoms. The highest BCUT2D eigenvalue weighted by Gasteiger charge is 2.46. The van der Waals surface area contributed by atoms with Crippen LogP contribution in [0.4, 0.5) is 5.69 Å². The Kier molecular flexibility index (Phi) is 6.89. The van der Waals surface area contributed by atoms with Crippen LogP contribution in [-0.2, 0) is 17.8 Å². The summed E-state index contributed by atoms with van der Waals surface area (Å²) in [5, 5.41) is 15.5. The van der Waals surface area contributed by atoms with Gasteiger partial charge in [0, 0.05) is 24.7 Å². The largest absolute Gasteiger partial charge is 0.493 e. The zero-order chi connectivity index (χ0) is 26.4. The Morgan fingerprint density at radius 1 is 1.05 bits per heavy atom. The molecular formula is C29H25Cl3N2O4. The lowest BCUT2D eigenvalue weighted by molar-refractivity contribution is 0.0340. The van der Waals surface area contributed by atoms with Gasteiger partial charge in [0.15, 0.2) is 0 Å². The van der Waals surface area contributed by atoms with Crippen LogP contribution in [0.5, 0.6) is 5.75 Å². The van der Waals surface area contributed by atoms with E-state index in [1.165, 1.54) is 0 Å². The number of carboxylic acids is 1. The van der Waals surface area contributed by atoms with E-state index in [0.29, 0.717) is 69.7 Å². The van der Waals surface area contributed by atoms with Crippen LogP contribution in [0, 0.1) is 11.8 Å². The molecule has 6 nitrogen and oxygen atoms in total. The summed E-state index contributed by atoms with van der Waals surface area (Å²) >= 11 is 19.7. The van der Waals surface area contributed by atoms with E-state index in [-0.39, 0.29) is 12.0 Å². The molecule has 0 saturated heterocycles. The predicted molar refractivity (Wildman–Crippen MR) is 149 cm³/mol. The second-order valence-corrected chi connectivity index (χ2v) is 11.2. The number of anilines is 1. The first kappa shape index (κ1) is 25.4. The van der Waals surface area contributed by atoms with E-state index >= 15 is 0 Å². The van der Waals surface area contributed by atoms with Crippen molar-refractivity contribution in [3.05, 3.63) is 91.9 Å². The van der Waals surface area contributed by atoms with Gasteiger partial charge in [0.1, 0.15) is 24.2 Å². The SMILES string of the molecule is O=C(O)c1cccc2c1CCN(c1ccc(OCC3C(c4c(Cl)cccc4Cl)=NOC3C3CC3)cc1Cl)C2. The summed E-state index contributed by atoms with van der Waals surface area (Å²) in [5.74, 6) is 0.0906. The molecular weight excluding hydrogens is 547 g/mol. The average molecular weight is 572 g/mol. The third kappa shape index (κ3) is 4.81. The van der Waals surface area contributed by atoms with Crippen molar-refractivity contribution in [2.75, 3.05) is 18.1 Å². The Bertz CT molecular complexity index is 1420. The molecule has 6 rings (SSSR count).